The van der Waals surface area contributed by atoms with Crippen LogP contribution in [0.2, 0.25) is 0 Å². The van der Waals surface area contributed by atoms with Crippen LogP contribution in [0.25, 0.3) is 0 Å². The van der Waals surface area contributed by atoms with E-state index in [9.17, 15) is 10.2 Å². The number of hydrogen-bond acceptors (Lipinski definition) is 4. The number of aliphatic hydroxyl groups excluding tert-OH is 2. The number of nitriles is 1. The van der Waals surface area contributed by atoms with Gasteiger partial charge in [-0.25, -0.2) is 0 Å². The Hall–Kier alpha value is -1.57. The molecule has 2 rings (SSSR count). The van der Waals surface area contributed by atoms with Gasteiger partial charge in [0.15, 0.2) is 0 Å². The minimum Gasteiger partial charge on any atom is -0.389 e. The molecule has 0 bridgehead atoms. The molecule has 0 amide bonds. The molecule has 4 heteroatoms. The Bertz CT molecular complexity index is 436. The topological polar surface area (TPSA) is 67.5 Å². The Balaban J connectivity index is 2.13. The van der Waals surface area contributed by atoms with Crippen LogP contribution in [0.15, 0.2) is 24.3 Å². The highest BCUT2D eigenvalue weighted by Crippen LogP contribution is 2.26. The normalized spacial score (nSPS) is 18.4. The summed E-state index contributed by atoms with van der Waals surface area (Å²) in [5.74, 6) is 0. The van der Waals surface area contributed by atoms with Gasteiger partial charge in [-0.15, -0.1) is 0 Å². The average molecular weight is 246 g/mol. The van der Waals surface area contributed by atoms with Crippen LogP contribution in [0.5, 0.6) is 0 Å². The summed E-state index contributed by atoms with van der Waals surface area (Å²) in [4.78, 5) is 2.27. The van der Waals surface area contributed by atoms with Crippen molar-refractivity contribution in [2.75, 3.05) is 18.0 Å². The van der Waals surface area contributed by atoms with Crippen LogP contribution < -0.4 is 4.90 Å². The fraction of sp³-hybridized carbons (Fsp3) is 0.500. The van der Waals surface area contributed by atoms with E-state index in [4.69, 9.17) is 5.26 Å². The zero-order valence-electron chi connectivity index (χ0n) is 10.3. The zero-order chi connectivity index (χ0) is 13.0. The number of anilines is 1. The highest BCUT2D eigenvalue weighted by atomic mass is 16.3. The molecule has 2 unspecified atom stereocenters. The number of hydrogen-bond donors (Lipinski definition) is 2. The Labute approximate surface area is 107 Å². The molecule has 0 spiro atoms. The second-order valence-electron chi connectivity index (χ2n) is 4.66. The maximum Gasteiger partial charge on any atom is 0.106 e. The maximum atomic E-state index is 9.97. The summed E-state index contributed by atoms with van der Waals surface area (Å²) in [6.07, 6.45) is 0.319. The summed E-state index contributed by atoms with van der Waals surface area (Å²) in [6.45, 7) is 2.08. The van der Waals surface area contributed by atoms with Gasteiger partial charge in [-0.2, -0.15) is 5.26 Å². The van der Waals surface area contributed by atoms with Crippen molar-refractivity contribution < 1.29 is 10.2 Å². The lowest BCUT2D eigenvalue weighted by Crippen LogP contribution is -2.20. The van der Waals surface area contributed by atoms with Crippen LogP contribution in [0, 0.1) is 11.3 Å². The number of benzene rings is 1. The molecule has 96 valence electrons. The molecule has 1 fully saturated rings. The SMILES string of the molecule is N#CCC(O)C(O)c1cccc(N2CCCC2)c1. The summed E-state index contributed by atoms with van der Waals surface area (Å²) in [6, 6.07) is 9.44. The molecular weight excluding hydrogens is 228 g/mol. The fourth-order valence-corrected chi connectivity index (χ4v) is 2.31. The minimum atomic E-state index is -1.02. The van der Waals surface area contributed by atoms with Crippen molar-refractivity contribution in [1.82, 2.24) is 0 Å². The number of nitrogens with zero attached hydrogens (tertiary/aromatic N) is 2. The first-order valence-corrected chi connectivity index (χ1v) is 6.30. The second-order valence-corrected chi connectivity index (χ2v) is 4.66. The molecule has 0 saturated carbocycles. The smallest absolute Gasteiger partial charge is 0.106 e. The maximum absolute atomic E-state index is 9.97. The van der Waals surface area contributed by atoms with Gasteiger partial charge < -0.3 is 15.1 Å². The lowest BCUT2D eigenvalue weighted by atomic mass is 10.0. The van der Waals surface area contributed by atoms with E-state index in [1.807, 2.05) is 24.3 Å². The zero-order valence-corrected chi connectivity index (χ0v) is 10.3. The summed E-state index contributed by atoms with van der Waals surface area (Å²) in [7, 11) is 0. The van der Waals surface area contributed by atoms with Crippen LogP contribution in [0.3, 0.4) is 0 Å². The minimum absolute atomic E-state index is 0.0604. The van der Waals surface area contributed by atoms with Crippen molar-refractivity contribution in [3.63, 3.8) is 0 Å². The molecular formula is C14H18N2O2. The third-order valence-corrected chi connectivity index (χ3v) is 3.35. The molecule has 1 heterocycles. The monoisotopic (exact) mass is 246 g/mol. The van der Waals surface area contributed by atoms with Gasteiger partial charge in [0, 0.05) is 18.8 Å². The predicted molar refractivity (Wildman–Crippen MR) is 69.1 cm³/mol. The summed E-state index contributed by atoms with van der Waals surface area (Å²) < 4.78 is 0. The van der Waals surface area contributed by atoms with Crippen LogP contribution in [0.1, 0.15) is 30.9 Å². The van der Waals surface area contributed by atoms with Crippen LogP contribution in [0.4, 0.5) is 5.69 Å². The number of aliphatic hydroxyl groups is 2. The first-order chi connectivity index (χ1) is 8.72. The third kappa shape index (κ3) is 2.81. The van der Waals surface area contributed by atoms with Crippen LogP contribution >= 0.6 is 0 Å². The van der Waals surface area contributed by atoms with E-state index in [-0.39, 0.29) is 6.42 Å². The van der Waals surface area contributed by atoms with E-state index in [0.29, 0.717) is 5.56 Å². The Kier molecular flexibility index (Phi) is 4.19. The first kappa shape index (κ1) is 12.9. The molecule has 0 radical (unpaired) electrons. The Morgan fingerprint density at radius 2 is 2.00 bits per heavy atom. The second kappa shape index (κ2) is 5.85. The molecule has 1 aliphatic heterocycles. The van der Waals surface area contributed by atoms with Gasteiger partial charge in [0.2, 0.25) is 0 Å². The molecule has 4 nitrogen and oxygen atoms in total. The first-order valence-electron chi connectivity index (χ1n) is 6.30. The molecule has 0 aliphatic carbocycles. The van der Waals surface area contributed by atoms with Gasteiger partial charge in [-0.3, -0.25) is 0 Å². The van der Waals surface area contributed by atoms with E-state index in [1.54, 1.807) is 6.07 Å². The van der Waals surface area contributed by atoms with Crippen molar-refractivity contribution in [2.45, 2.75) is 31.5 Å². The van der Waals surface area contributed by atoms with Gasteiger partial charge in [0.1, 0.15) is 6.10 Å². The Morgan fingerprint density at radius 3 is 2.67 bits per heavy atom. The van der Waals surface area contributed by atoms with E-state index in [1.165, 1.54) is 12.8 Å². The molecule has 1 aromatic rings. The molecule has 0 aromatic heterocycles. The van der Waals surface area contributed by atoms with E-state index in [2.05, 4.69) is 4.90 Å². The summed E-state index contributed by atoms with van der Waals surface area (Å²) in [5, 5.41) is 28.1. The molecule has 1 aromatic carbocycles. The van der Waals surface area contributed by atoms with Gasteiger partial charge in [-0.05, 0) is 30.5 Å². The fourth-order valence-electron chi connectivity index (χ4n) is 2.31. The van der Waals surface area contributed by atoms with Crippen molar-refractivity contribution >= 4 is 5.69 Å². The highest BCUT2D eigenvalue weighted by molar-refractivity contribution is 5.49. The summed E-state index contributed by atoms with van der Waals surface area (Å²) in [5.41, 5.74) is 1.75. The molecule has 1 aliphatic rings. The van der Waals surface area contributed by atoms with Crippen molar-refractivity contribution in [1.29, 1.82) is 5.26 Å². The average Bonchev–Trinajstić information content (AvgIpc) is 2.92. The van der Waals surface area contributed by atoms with E-state index in [0.717, 1.165) is 18.8 Å². The quantitative estimate of drug-likeness (QED) is 0.846. The van der Waals surface area contributed by atoms with Gasteiger partial charge in [0.05, 0.1) is 18.6 Å². The predicted octanol–water partition coefficient (Wildman–Crippen LogP) is 1.59. The molecule has 2 atom stereocenters. The molecule has 18 heavy (non-hydrogen) atoms. The third-order valence-electron chi connectivity index (χ3n) is 3.35. The van der Waals surface area contributed by atoms with Gasteiger partial charge in [0.25, 0.3) is 0 Å². The van der Waals surface area contributed by atoms with E-state index < -0.39 is 12.2 Å². The van der Waals surface area contributed by atoms with Crippen LogP contribution in [-0.2, 0) is 0 Å². The number of rotatable bonds is 4. The van der Waals surface area contributed by atoms with Crippen molar-refractivity contribution in [3.8, 4) is 6.07 Å². The standard InChI is InChI=1S/C14H18N2O2/c15-7-6-13(17)14(18)11-4-3-5-12(10-11)16-8-1-2-9-16/h3-5,10,13-14,17-18H,1-2,6,8-9H2. The Morgan fingerprint density at radius 1 is 1.28 bits per heavy atom. The lowest BCUT2D eigenvalue weighted by Gasteiger charge is -2.21. The van der Waals surface area contributed by atoms with Gasteiger partial charge in [-0.1, -0.05) is 12.1 Å². The molecule has 1 saturated heterocycles. The largest absolute Gasteiger partial charge is 0.389 e. The summed E-state index contributed by atoms with van der Waals surface area (Å²) >= 11 is 0. The van der Waals surface area contributed by atoms with Crippen molar-refractivity contribution in [3.05, 3.63) is 29.8 Å². The van der Waals surface area contributed by atoms with E-state index >= 15 is 0 Å². The molecule has 2 N–H and O–H groups in total. The lowest BCUT2D eigenvalue weighted by molar-refractivity contribution is 0.0216. The van der Waals surface area contributed by atoms with Crippen LogP contribution in [-0.4, -0.2) is 29.4 Å². The van der Waals surface area contributed by atoms with Crippen molar-refractivity contribution in [2.24, 2.45) is 0 Å². The highest BCUT2D eigenvalue weighted by Gasteiger charge is 2.19. The van der Waals surface area contributed by atoms with Gasteiger partial charge >= 0.3 is 0 Å².